The summed E-state index contributed by atoms with van der Waals surface area (Å²) in [5.74, 6) is 0.806. The average molecular weight is 384 g/mol. The Morgan fingerprint density at radius 3 is 2.54 bits per heavy atom. The fourth-order valence-corrected chi connectivity index (χ4v) is 2.96. The summed E-state index contributed by atoms with van der Waals surface area (Å²) >= 11 is 12.4. The van der Waals surface area contributed by atoms with Gasteiger partial charge in [0.15, 0.2) is 5.82 Å². The number of aryl methyl sites for hydroxylation is 1. The lowest BCUT2D eigenvalue weighted by Gasteiger charge is -2.06. The number of rotatable bonds is 3. The second-order valence-corrected chi connectivity index (χ2v) is 6.32. The molecule has 0 aliphatic carbocycles. The van der Waals surface area contributed by atoms with Crippen molar-refractivity contribution in [3.05, 3.63) is 46.4 Å². The van der Waals surface area contributed by atoms with Crippen LogP contribution in [0.15, 0.2) is 41.4 Å². The van der Waals surface area contributed by atoms with Crippen LogP contribution in [0.25, 0.3) is 22.0 Å². The van der Waals surface area contributed by atoms with Crippen molar-refractivity contribution < 1.29 is 0 Å². The fraction of sp³-hybridized carbons (Fsp3) is 0.176. The van der Waals surface area contributed by atoms with E-state index in [4.69, 9.17) is 23.2 Å². The quantitative estimate of drug-likeness (QED) is 0.460. The first kappa shape index (κ1) is 18.6. The van der Waals surface area contributed by atoms with Crippen molar-refractivity contribution in [3.63, 3.8) is 0 Å². The summed E-state index contributed by atoms with van der Waals surface area (Å²) < 4.78 is 1.78. The molecule has 3 rings (SSSR count). The predicted molar refractivity (Wildman–Crippen MR) is 105 cm³/mol. The standard InChI is InChI=1S/C17H16Cl2N4.ClH/c1-22(2)10-20-17-14-6-4-5-13(16(14)21-23(17)3)12-8-7-11(18)9-15(12)19;/h4-10H,1-3H3;1H. The van der Waals surface area contributed by atoms with Gasteiger partial charge >= 0.3 is 0 Å². The summed E-state index contributed by atoms with van der Waals surface area (Å²) in [7, 11) is 5.75. The molecule has 0 amide bonds. The smallest absolute Gasteiger partial charge is 0.159 e. The second kappa shape index (κ2) is 7.43. The van der Waals surface area contributed by atoms with Gasteiger partial charge in [0.25, 0.3) is 0 Å². The molecule has 0 bridgehead atoms. The number of nitrogens with zero attached hydrogens (tertiary/aromatic N) is 4. The lowest BCUT2D eigenvalue weighted by Crippen LogP contribution is -2.07. The van der Waals surface area contributed by atoms with Crippen LogP contribution in [-0.2, 0) is 7.05 Å². The number of aromatic nitrogens is 2. The third-order valence-corrected chi connectivity index (χ3v) is 4.01. The van der Waals surface area contributed by atoms with E-state index >= 15 is 0 Å². The van der Waals surface area contributed by atoms with Crippen LogP contribution in [0.3, 0.4) is 0 Å². The molecule has 7 heteroatoms. The van der Waals surface area contributed by atoms with Crippen LogP contribution in [0.2, 0.25) is 10.0 Å². The van der Waals surface area contributed by atoms with Crippen molar-refractivity contribution in [2.45, 2.75) is 0 Å². The highest BCUT2D eigenvalue weighted by Gasteiger charge is 2.14. The maximum atomic E-state index is 6.36. The second-order valence-electron chi connectivity index (χ2n) is 5.48. The summed E-state index contributed by atoms with van der Waals surface area (Å²) in [5, 5.41) is 6.82. The van der Waals surface area contributed by atoms with Gasteiger partial charge in [-0.2, -0.15) is 5.10 Å². The van der Waals surface area contributed by atoms with Crippen LogP contribution < -0.4 is 0 Å². The van der Waals surface area contributed by atoms with Gasteiger partial charge in [0.1, 0.15) is 5.52 Å². The molecule has 1 aromatic heterocycles. The van der Waals surface area contributed by atoms with E-state index in [2.05, 4.69) is 10.1 Å². The van der Waals surface area contributed by atoms with Gasteiger partial charge < -0.3 is 4.90 Å². The molecule has 0 unspecified atom stereocenters. The van der Waals surface area contributed by atoms with Crippen LogP contribution in [0, 0.1) is 0 Å². The van der Waals surface area contributed by atoms with Crippen molar-refractivity contribution in [1.29, 1.82) is 0 Å². The van der Waals surface area contributed by atoms with Gasteiger partial charge in [0, 0.05) is 47.7 Å². The Morgan fingerprint density at radius 1 is 1.12 bits per heavy atom. The Labute approximate surface area is 157 Å². The molecule has 4 nitrogen and oxygen atoms in total. The molecule has 2 aromatic carbocycles. The number of benzene rings is 2. The summed E-state index contributed by atoms with van der Waals surface area (Å²) in [4.78, 5) is 6.40. The Kier molecular flexibility index (Phi) is 5.75. The molecule has 0 aliphatic rings. The molecular formula is C17H17Cl3N4. The molecule has 0 saturated carbocycles. The van der Waals surface area contributed by atoms with E-state index in [1.54, 1.807) is 17.1 Å². The van der Waals surface area contributed by atoms with Crippen LogP contribution in [0.1, 0.15) is 0 Å². The molecule has 0 N–H and O–H groups in total. The third kappa shape index (κ3) is 3.51. The lowest BCUT2D eigenvalue weighted by atomic mass is 10.0. The zero-order valence-electron chi connectivity index (χ0n) is 13.5. The topological polar surface area (TPSA) is 33.4 Å². The van der Waals surface area contributed by atoms with E-state index in [0.29, 0.717) is 10.0 Å². The Balaban J connectivity index is 0.00000208. The van der Waals surface area contributed by atoms with E-state index < -0.39 is 0 Å². The van der Waals surface area contributed by atoms with Crippen molar-refractivity contribution in [2.24, 2.45) is 12.0 Å². The molecule has 3 aromatic rings. The van der Waals surface area contributed by atoms with Gasteiger partial charge in [-0.3, -0.25) is 0 Å². The summed E-state index contributed by atoms with van der Waals surface area (Å²) in [5.41, 5.74) is 2.74. The Bertz CT molecular complexity index is 900. The number of hydrogen-bond acceptors (Lipinski definition) is 2. The van der Waals surface area contributed by atoms with Gasteiger partial charge in [-0.1, -0.05) is 41.4 Å². The van der Waals surface area contributed by atoms with Crippen LogP contribution >= 0.6 is 35.6 Å². The minimum Gasteiger partial charge on any atom is -0.369 e. The number of aliphatic imine (C=N–C) groups is 1. The SMILES string of the molecule is CN(C)C=Nc1c2cccc(-c3ccc(Cl)cc3Cl)c2nn1C.Cl. The van der Waals surface area contributed by atoms with Crippen LogP contribution in [0.5, 0.6) is 0 Å². The molecule has 0 spiro atoms. The highest BCUT2D eigenvalue weighted by Crippen LogP contribution is 2.37. The van der Waals surface area contributed by atoms with Gasteiger partial charge in [0.05, 0.1) is 6.34 Å². The molecule has 24 heavy (non-hydrogen) atoms. The highest BCUT2D eigenvalue weighted by atomic mass is 35.5. The van der Waals surface area contributed by atoms with E-state index in [0.717, 1.165) is 27.8 Å². The van der Waals surface area contributed by atoms with Gasteiger partial charge in [-0.15, -0.1) is 12.4 Å². The first-order valence-electron chi connectivity index (χ1n) is 7.09. The van der Waals surface area contributed by atoms with Crippen molar-refractivity contribution in [3.8, 4) is 11.1 Å². The molecular weight excluding hydrogens is 367 g/mol. The van der Waals surface area contributed by atoms with E-state index in [1.165, 1.54) is 0 Å². The Hall–Kier alpha value is -1.75. The monoisotopic (exact) mass is 382 g/mol. The lowest BCUT2D eigenvalue weighted by molar-refractivity contribution is 0.641. The van der Waals surface area contributed by atoms with Crippen molar-refractivity contribution in [2.75, 3.05) is 14.1 Å². The van der Waals surface area contributed by atoms with Gasteiger partial charge in [-0.05, 0) is 18.2 Å². The van der Waals surface area contributed by atoms with Crippen LogP contribution in [-0.4, -0.2) is 35.1 Å². The normalized spacial score (nSPS) is 11.0. The molecule has 0 saturated heterocycles. The fourth-order valence-electron chi connectivity index (χ4n) is 2.45. The third-order valence-electron chi connectivity index (χ3n) is 3.47. The minimum absolute atomic E-state index is 0. The molecule has 0 fully saturated rings. The molecule has 0 radical (unpaired) electrons. The largest absolute Gasteiger partial charge is 0.369 e. The van der Waals surface area contributed by atoms with Crippen LogP contribution in [0.4, 0.5) is 5.82 Å². The zero-order valence-corrected chi connectivity index (χ0v) is 15.8. The number of halogens is 3. The molecule has 0 aliphatic heterocycles. The maximum absolute atomic E-state index is 6.36. The summed E-state index contributed by atoms with van der Waals surface area (Å²) in [6.45, 7) is 0. The van der Waals surface area contributed by atoms with E-state index in [9.17, 15) is 0 Å². The van der Waals surface area contributed by atoms with Gasteiger partial charge in [-0.25, -0.2) is 9.67 Å². The molecule has 126 valence electrons. The predicted octanol–water partition coefficient (Wildman–Crippen LogP) is 5.19. The molecule has 1 heterocycles. The average Bonchev–Trinajstić information content (AvgIpc) is 2.81. The first-order chi connectivity index (χ1) is 11.0. The number of hydrogen-bond donors (Lipinski definition) is 0. The summed E-state index contributed by atoms with van der Waals surface area (Å²) in [6.07, 6.45) is 1.76. The maximum Gasteiger partial charge on any atom is 0.159 e. The van der Waals surface area contributed by atoms with Crippen molar-refractivity contribution in [1.82, 2.24) is 14.7 Å². The van der Waals surface area contributed by atoms with E-state index in [1.807, 2.05) is 56.4 Å². The van der Waals surface area contributed by atoms with Gasteiger partial charge in [0.2, 0.25) is 0 Å². The highest BCUT2D eigenvalue weighted by molar-refractivity contribution is 6.36. The van der Waals surface area contributed by atoms with E-state index in [-0.39, 0.29) is 12.4 Å². The van der Waals surface area contributed by atoms with Crippen molar-refractivity contribution >= 4 is 58.7 Å². The first-order valence-corrected chi connectivity index (χ1v) is 7.84. The Morgan fingerprint density at radius 2 is 1.88 bits per heavy atom. The number of fused-ring (bicyclic) bond motifs is 1. The molecule has 0 atom stereocenters. The zero-order chi connectivity index (χ0) is 16.6. The minimum atomic E-state index is 0. The summed E-state index contributed by atoms with van der Waals surface area (Å²) in [6, 6.07) is 11.5.